The van der Waals surface area contributed by atoms with Gasteiger partial charge in [-0.2, -0.15) is 0 Å². The Labute approximate surface area is 163 Å². The van der Waals surface area contributed by atoms with Crippen molar-refractivity contribution in [3.8, 4) is 0 Å². The van der Waals surface area contributed by atoms with Gasteiger partial charge in [0.05, 0.1) is 0 Å². The van der Waals surface area contributed by atoms with E-state index in [2.05, 4.69) is 39.0 Å². The predicted molar refractivity (Wildman–Crippen MR) is 109 cm³/mol. The summed E-state index contributed by atoms with van der Waals surface area (Å²) in [6, 6.07) is 8.98. The molecular weight excluding hydrogens is 334 g/mol. The van der Waals surface area contributed by atoms with Crippen LogP contribution >= 0.6 is 0 Å². The molecule has 1 saturated carbocycles. The molecule has 0 spiro atoms. The van der Waals surface area contributed by atoms with E-state index in [1.165, 1.54) is 63.7 Å². The summed E-state index contributed by atoms with van der Waals surface area (Å²) in [6.45, 7) is 6.66. The number of anilines is 1. The molecule has 146 valence electrons. The first-order valence-electron chi connectivity index (χ1n) is 11.1. The number of carbonyl (C=O) groups excluding carboxylic acids is 1. The Morgan fingerprint density at radius 3 is 2.37 bits per heavy atom. The number of amides is 1. The van der Waals surface area contributed by atoms with E-state index in [0.717, 1.165) is 37.7 Å². The first-order chi connectivity index (χ1) is 13.3. The predicted octanol–water partition coefficient (Wildman–Crippen LogP) is 3.62. The molecule has 4 nitrogen and oxygen atoms in total. The number of benzene rings is 1. The van der Waals surface area contributed by atoms with Gasteiger partial charge in [-0.15, -0.1) is 0 Å². The van der Waals surface area contributed by atoms with Crippen molar-refractivity contribution >= 4 is 11.6 Å². The maximum atomic E-state index is 13.2. The molecule has 2 bridgehead atoms. The summed E-state index contributed by atoms with van der Waals surface area (Å²) in [4.78, 5) is 20.5. The van der Waals surface area contributed by atoms with E-state index in [0.29, 0.717) is 12.0 Å². The van der Waals surface area contributed by atoms with Crippen LogP contribution in [0, 0.1) is 11.8 Å². The molecule has 0 N–H and O–H groups in total. The van der Waals surface area contributed by atoms with Crippen molar-refractivity contribution < 1.29 is 4.79 Å². The lowest BCUT2D eigenvalue weighted by molar-refractivity contribution is 0.0717. The van der Waals surface area contributed by atoms with Crippen LogP contribution in [0.5, 0.6) is 0 Å². The fraction of sp³-hybridized carbons (Fsp3) is 0.696. The number of piperidine rings is 1. The Kier molecular flexibility index (Phi) is 4.85. The lowest BCUT2D eigenvalue weighted by atomic mass is 9.83. The van der Waals surface area contributed by atoms with Crippen LogP contribution in [0.3, 0.4) is 0 Å². The van der Waals surface area contributed by atoms with Gasteiger partial charge < -0.3 is 9.80 Å². The quantitative estimate of drug-likeness (QED) is 0.813. The van der Waals surface area contributed by atoms with E-state index in [1.54, 1.807) is 0 Å². The van der Waals surface area contributed by atoms with Crippen molar-refractivity contribution in [2.45, 2.75) is 51.0 Å². The van der Waals surface area contributed by atoms with Crippen LogP contribution < -0.4 is 4.90 Å². The summed E-state index contributed by atoms with van der Waals surface area (Å²) in [7, 11) is 0. The van der Waals surface area contributed by atoms with E-state index >= 15 is 0 Å². The summed E-state index contributed by atoms with van der Waals surface area (Å²) in [5.41, 5.74) is 2.14. The molecule has 1 aliphatic carbocycles. The van der Waals surface area contributed by atoms with Gasteiger partial charge in [-0.3, -0.25) is 9.69 Å². The van der Waals surface area contributed by atoms with Gasteiger partial charge in [0.25, 0.3) is 5.91 Å². The number of hydrogen-bond donors (Lipinski definition) is 0. The first-order valence-corrected chi connectivity index (χ1v) is 11.1. The second-order valence-corrected chi connectivity index (χ2v) is 9.30. The van der Waals surface area contributed by atoms with E-state index < -0.39 is 0 Å². The molecule has 4 aliphatic heterocycles. The molecule has 5 aliphatic rings. The largest absolute Gasteiger partial charge is 0.372 e. The standard InChI is InChI=1S/C23H33N3O/c27-23(20-7-10-21(11-8-20)24-12-1-2-13-24)26-16-19-6-9-22(17-26)25(15-19)14-18-4-3-5-18/h7-8,10-11,18-19,22H,1-6,9,12-17H2/t19-,22-/m1/s1. The molecule has 2 atom stereocenters. The zero-order chi connectivity index (χ0) is 18.2. The van der Waals surface area contributed by atoms with Crippen LogP contribution in [0.2, 0.25) is 0 Å². The lowest BCUT2D eigenvalue weighted by Crippen LogP contribution is -2.47. The minimum atomic E-state index is 0.241. The number of fused-ring (bicyclic) bond motifs is 4. The Bertz CT molecular complexity index is 663. The molecule has 4 heterocycles. The van der Waals surface area contributed by atoms with Gasteiger partial charge in [0.2, 0.25) is 0 Å². The third kappa shape index (κ3) is 3.61. The molecule has 0 radical (unpaired) electrons. The number of hydrogen-bond acceptors (Lipinski definition) is 3. The molecule has 0 aromatic heterocycles. The van der Waals surface area contributed by atoms with Crippen molar-refractivity contribution in [3.05, 3.63) is 29.8 Å². The van der Waals surface area contributed by atoms with Crippen LogP contribution in [0.15, 0.2) is 24.3 Å². The Morgan fingerprint density at radius 2 is 1.67 bits per heavy atom. The van der Waals surface area contributed by atoms with Crippen molar-refractivity contribution in [2.75, 3.05) is 44.2 Å². The second kappa shape index (κ2) is 7.46. The fourth-order valence-electron chi connectivity index (χ4n) is 5.55. The van der Waals surface area contributed by atoms with Crippen molar-refractivity contribution in [1.29, 1.82) is 0 Å². The molecule has 1 aromatic carbocycles. The highest BCUT2D eigenvalue weighted by Gasteiger charge is 2.37. The highest BCUT2D eigenvalue weighted by molar-refractivity contribution is 5.94. The summed E-state index contributed by atoms with van der Waals surface area (Å²) >= 11 is 0. The van der Waals surface area contributed by atoms with Crippen molar-refractivity contribution in [1.82, 2.24) is 9.80 Å². The van der Waals surface area contributed by atoms with Crippen LogP contribution in [0.1, 0.15) is 55.3 Å². The molecule has 5 fully saturated rings. The van der Waals surface area contributed by atoms with Gasteiger partial charge in [-0.25, -0.2) is 0 Å². The van der Waals surface area contributed by atoms with E-state index in [-0.39, 0.29) is 5.91 Å². The van der Waals surface area contributed by atoms with Gasteiger partial charge in [-0.1, -0.05) is 6.42 Å². The average Bonchev–Trinajstić information content (AvgIpc) is 3.05. The molecule has 0 unspecified atom stereocenters. The minimum Gasteiger partial charge on any atom is -0.372 e. The van der Waals surface area contributed by atoms with E-state index in [1.807, 2.05) is 0 Å². The Balaban J connectivity index is 1.26. The van der Waals surface area contributed by atoms with Crippen molar-refractivity contribution in [3.63, 3.8) is 0 Å². The molecule has 4 saturated heterocycles. The smallest absolute Gasteiger partial charge is 0.253 e. The zero-order valence-corrected chi connectivity index (χ0v) is 16.5. The van der Waals surface area contributed by atoms with Crippen molar-refractivity contribution in [2.24, 2.45) is 11.8 Å². The minimum absolute atomic E-state index is 0.241. The van der Waals surface area contributed by atoms with Crippen LogP contribution in [0.4, 0.5) is 5.69 Å². The lowest BCUT2D eigenvalue weighted by Gasteiger charge is -2.40. The topological polar surface area (TPSA) is 26.8 Å². The molecule has 1 aromatic rings. The summed E-state index contributed by atoms with van der Waals surface area (Å²) in [5.74, 6) is 1.83. The van der Waals surface area contributed by atoms with E-state index in [9.17, 15) is 4.79 Å². The van der Waals surface area contributed by atoms with Gasteiger partial charge in [-0.05, 0) is 74.6 Å². The SMILES string of the molecule is O=C(c1ccc(N2CCCC2)cc1)N1C[C@@H]2CC[C@H](C1)N(CC1CCC1)C2. The van der Waals surface area contributed by atoms with Crippen LogP contribution in [-0.4, -0.2) is 61.0 Å². The average molecular weight is 368 g/mol. The summed E-state index contributed by atoms with van der Waals surface area (Å²) < 4.78 is 0. The Morgan fingerprint density at radius 1 is 0.889 bits per heavy atom. The molecule has 1 amide bonds. The molecular formula is C23H33N3O. The molecule has 27 heavy (non-hydrogen) atoms. The maximum absolute atomic E-state index is 13.2. The van der Waals surface area contributed by atoms with Crippen LogP contribution in [0.25, 0.3) is 0 Å². The normalized spacial score (nSPS) is 29.0. The summed E-state index contributed by atoms with van der Waals surface area (Å²) in [6.07, 6.45) is 9.40. The fourth-order valence-corrected chi connectivity index (χ4v) is 5.55. The number of rotatable bonds is 4. The second-order valence-electron chi connectivity index (χ2n) is 9.30. The highest BCUT2D eigenvalue weighted by Crippen LogP contribution is 2.33. The van der Waals surface area contributed by atoms with Gasteiger partial charge in [0, 0.05) is 56.6 Å². The third-order valence-corrected chi connectivity index (χ3v) is 7.42. The van der Waals surface area contributed by atoms with Gasteiger partial charge in [0.15, 0.2) is 0 Å². The van der Waals surface area contributed by atoms with Gasteiger partial charge in [0.1, 0.15) is 0 Å². The first kappa shape index (κ1) is 17.5. The molecule has 6 rings (SSSR count). The Hall–Kier alpha value is -1.55. The monoisotopic (exact) mass is 367 g/mol. The maximum Gasteiger partial charge on any atom is 0.253 e. The van der Waals surface area contributed by atoms with E-state index in [4.69, 9.17) is 0 Å². The number of nitrogens with zero attached hydrogens (tertiary/aromatic N) is 3. The summed E-state index contributed by atoms with van der Waals surface area (Å²) in [5, 5.41) is 0. The number of carbonyl (C=O) groups is 1. The van der Waals surface area contributed by atoms with Crippen LogP contribution in [-0.2, 0) is 0 Å². The third-order valence-electron chi connectivity index (χ3n) is 7.42. The zero-order valence-electron chi connectivity index (χ0n) is 16.5. The highest BCUT2D eigenvalue weighted by atomic mass is 16.2. The van der Waals surface area contributed by atoms with Gasteiger partial charge >= 0.3 is 0 Å². The molecule has 4 heteroatoms.